The second kappa shape index (κ2) is 10.7. The molecule has 10 heteroatoms. The zero-order valence-corrected chi connectivity index (χ0v) is 20.1. The molecule has 34 heavy (non-hydrogen) atoms. The minimum atomic E-state index is -3.46. The summed E-state index contributed by atoms with van der Waals surface area (Å²) in [5, 5.41) is 13.5. The number of sulfonamides is 1. The highest BCUT2D eigenvalue weighted by Gasteiger charge is 2.29. The number of aromatic amines is 2. The van der Waals surface area contributed by atoms with E-state index in [0.717, 1.165) is 24.8 Å². The summed E-state index contributed by atoms with van der Waals surface area (Å²) < 4.78 is 33.1. The topological polar surface area (TPSA) is 128 Å². The Bertz CT molecular complexity index is 1240. The molecule has 1 aromatic heterocycles. The number of rotatable bonds is 10. The lowest BCUT2D eigenvalue weighted by molar-refractivity contribution is 0.105. The van der Waals surface area contributed by atoms with E-state index in [4.69, 9.17) is 4.74 Å². The van der Waals surface area contributed by atoms with Crippen molar-refractivity contribution in [2.75, 3.05) is 32.8 Å². The van der Waals surface area contributed by atoms with Crippen molar-refractivity contribution in [2.45, 2.75) is 37.2 Å². The number of nitrogens with one attached hydrogen (secondary N) is 3. The van der Waals surface area contributed by atoms with E-state index in [2.05, 4.69) is 15.3 Å². The van der Waals surface area contributed by atoms with E-state index in [-0.39, 0.29) is 12.3 Å². The Morgan fingerprint density at radius 3 is 2.59 bits per heavy atom. The fourth-order valence-corrected chi connectivity index (χ4v) is 5.72. The van der Waals surface area contributed by atoms with E-state index < -0.39 is 16.1 Å². The van der Waals surface area contributed by atoms with Crippen LogP contribution in [0.4, 0.5) is 0 Å². The van der Waals surface area contributed by atoms with Crippen LogP contribution < -0.4 is 15.7 Å². The third kappa shape index (κ3) is 5.69. The number of fused-ring (bicyclic) bond motifs is 1. The van der Waals surface area contributed by atoms with E-state index in [1.165, 1.54) is 0 Å². The predicted octanol–water partition coefficient (Wildman–Crippen LogP) is 1.85. The van der Waals surface area contributed by atoms with Gasteiger partial charge in [0.1, 0.15) is 24.0 Å². The van der Waals surface area contributed by atoms with Crippen LogP contribution in [0.3, 0.4) is 0 Å². The second-order valence-corrected chi connectivity index (χ2v) is 10.7. The molecule has 3 aromatic rings. The molecule has 0 aliphatic carbocycles. The van der Waals surface area contributed by atoms with Crippen molar-refractivity contribution in [3.05, 3.63) is 58.5 Å². The smallest absolute Gasteiger partial charge is 0.323 e. The van der Waals surface area contributed by atoms with Gasteiger partial charge in [-0.05, 0) is 61.6 Å². The van der Waals surface area contributed by atoms with Gasteiger partial charge in [0.25, 0.3) is 0 Å². The van der Waals surface area contributed by atoms with Gasteiger partial charge in [-0.15, -0.1) is 0 Å². The molecule has 1 saturated heterocycles. The van der Waals surface area contributed by atoms with Crippen molar-refractivity contribution in [2.24, 2.45) is 5.92 Å². The fourth-order valence-electron chi connectivity index (χ4n) is 4.25. The summed E-state index contributed by atoms with van der Waals surface area (Å²) in [6, 6.07) is 12.4. The minimum absolute atomic E-state index is 0.0901. The highest BCUT2D eigenvalue weighted by molar-refractivity contribution is 7.89. The molecule has 2 heterocycles. The molecule has 1 atom stereocenters. The Morgan fingerprint density at radius 1 is 1.15 bits per heavy atom. The number of benzene rings is 2. The number of aliphatic hydroxyl groups is 1. The monoisotopic (exact) mass is 488 g/mol. The number of piperidine rings is 1. The minimum Gasteiger partial charge on any atom is -0.489 e. The molecule has 1 fully saturated rings. The molecule has 9 nitrogen and oxygen atoms in total. The average Bonchev–Trinajstić information content (AvgIpc) is 3.24. The van der Waals surface area contributed by atoms with Gasteiger partial charge in [-0.3, -0.25) is 0 Å². The SMILES string of the molecule is CCc1ccc(S(=O)(=O)N2CCC(CNC[C@@H](O)COc3cccc4[nH]c(=O)[nH]c34)CC2)cc1. The molecule has 4 N–H and O–H groups in total. The Hall–Kier alpha value is -2.66. The highest BCUT2D eigenvalue weighted by atomic mass is 32.2. The Balaban J connectivity index is 1.19. The molecular weight excluding hydrogens is 456 g/mol. The number of hydrogen-bond acceptors (Lipinski definition) is 6. The van der Waals surface area contributed by atoms with Gasteiger partial charge in [-0.25, -0.2) is 13.2 Å². The molecule has 0 radical (unpaired) electrons. The molecule has 1 aliphatic rings. The van der Waals surface area contributed by atoms with Gasteiger partial charge in [0.2, 0.25) is 10.0 Å². The van der Waals surface area contributed by atoms with Gasteiger partial charge in [-0.2, -0.15) is 4.31 Å². The lowest BCUT2D eigenvalue weighted by Gasteiger charge is -2.31. The van der Waals surface area contributed by atoms with Crippen LogP contribution in [-0.4, -0.2) is 66.7 Å². The van der Waals surface area contributed by atoms with Crippen LogP contribution in [0, 0.1) is 5.92 Å². The predicted molar refractivity (Wildman–Crippen MR) is 131 cm³/mol. The maximum atomic E-state index is 12.9. The molecule has 2 aromatic carbocycles. The summed E-state index contributed by atoms with van der Waals surface area (Å²) in [5.74, 6) is 0.855. The van der Waals surface area contributed by atoms with Crippen molar-refractivity contribution in [3.8, 4) is 5.75 Å². The fraction of sp³-hybridized carbons (Fsp3) is 0.458. The number of para-hydroxylation sites is 1. The van der Waals surface area contributed by atoms with Gasteiger partial charge in [0.05, 0.1) is 10.4 Å². The van der Waals surface area contributed by atoms with Crippen LogP contribution in [0.25, 0.3) is 11.0 Å². The standard InChI is InChI=1S/C24H32N4O5S/c1-2-17-6-8-20(9-7-17)34(31,32)28-12-10-18(11-13-28)14-25-15-19(29)16-33-22-5-3-4-21-23(22)27-24(30)26-21/h3-9,18-19,25,29H,2,10-16H2,1H3,(H2,26,27,30)/t19-/m1/s1. The van der Waals surface area contributed by atoms with Crippen LogP contribution in [0.1, 0.15) is 25.3 Å². The van der Waals surface area contributed by atoms with Crippen LogP contribution in [0.15, 0.2) is 52.2 Å². The van der Waals surface area contributed by atoms with Crippen molar-refractivity contribution in [3.63, 3.8) is 0 Å². The third-order valence-electron chi connectivity index (χ3n) is 6.30. The van der Waals surface area contributed by atoms with Crippen LogP contribution in [0.5, 0.6) is 5.75 Å². The first-order valence-electron chi connectivity index (χ1n) is 11.7. The Labute approximate surface area is 199 Å². The van der Waals surface area contributed by atoms with Gasteiger partial charge < -0.3 is 25.1 Å². The average molecular weight is 489 g/mol. The summed E-state index contributed by atoms with van der Waals surface area (Å²) in [6.07, 6.45) is 1.71. The van der Waals surface area contributed by atoms with Gasteiger partial charge >= 0.3 is 5.69 Å². The zero-order valence-electron chi connectivity index (χ0n) is 19.3. The summed E-state index contributed by atoms with van der Waals surface area (Å²) >= 11 is 0. The van der Waals surface area contributed by atoms with E-state index >= 15 is 0 Å². The van der Waals surface area contributed by atoms with E-state index in [1.807, 2.05) is 19.1 Å². The van der Waals surface area contributed by atoms with E-state index in [9.17, 15) is 18.3 Å². The molecule has 4 rings (SSSR count). The first-order valence-corrected chi connectivity index (χ1v) is 13.1. The Morgan fingerprint density at radius 2 is 1.88 bits per heavy atom. The first-order chi connectivity index (χ1) is 16.4. The quantitative estimate of drug-likeness (QED) is 0.345. The number of H-pyrrole nitrogens is 2. The van der Waals surface area contributed by atoms with Crippen LogP contribution in [-0.2, 0) is 16.4 Å². The van der Waals surface area contributed by atoms with Gasteiger partial charge in [-0.1, -0.05) is 25.1 Å². The number of hydrogen-bond donors (Lipinski definition) is 4. The van der Waals surface area contributed by atoms with Crippen LogP contribution in [0.2, 0.25) is 0 Å². The van der Waals surface area contributed by atoms with Crippen molar-refractivity contribution in [1.82, 2.24) is 19.6 Å². The van der Waals surface area contributed by atoms with Crippen molar-refractivity contribution >= 4 is 21.1 Å². The number of ether oxygens (including phenoxy) is 1. The molecule has 0 saturated carbocycles. The normalized spacial score (nSPS) is 16.6. The zero-order chi connectivity index (χ0) is 24.1. The van der Waals surface area contributed by atoms with Crippen molar-refractivity contribution in [1.29, 1.82) is 0 Å². The van der Waals surface area contributed by atoms with Crippen LogP contribution >= 0.6 is 0 Å². The Kier molecular flexibility index (Phi) is 7.72. The summed E-state index contributed by atoms with van der Waals surface area (Å²) in [5.41, 5.74) is 2.05. The number of aryl methyl sites for hydroxylation is 1. The molecular formula is C24H32N4O5S. The van der Waals surface area contributed by atoms with E-state index in [0.29, 0.717) is 53.8 Å². The second-order valence-electron chi connectivity index (χ2n) is 8.73. The van der Waals surface area contributed by atoms with E-state index in [1.54, 1.807) is 34.6 Å². The molecule has 1 aliphatic heterocycles. The lowest BCUT2D eigenvalue weighted by Crippen LogP contribution is -2.42. The molecule has 0 spiro atoms. The molecule has 0 unspecified atom stereocenters. The lowest BCUT2D eigenvalue weighted by atomic mass is 9.98. The summed E-state index contributed by atoms with van der Waals surface area (Å²) in [6.45, 7) is 4.19. The largest absolute Gasteiger partial charge is 0.489 e. The third-order valence-corrected chi connectivity index (χ3v) is 8.21. The number of aliphatic hydroxyl groups excluding tert-OH is 1. The van der Waals surface area contributed by atoms with Gasteiger partial charge in [0, 0.05) is 19.6 Å². The highest BCUT2D eigenvalue weighted by Crippen LogP contribution is 2.24. The maximum Gasteiger partial charge on any atom is 0.323 e. The number of nitrogens with zero attached hydrogens (tertiary/aromatic N) is 1. The van der Waals surface area contributed by atoms with Crippen molar-refractivity contribution < 1.29 is 18.3 Å². The molecule has 0 bridgehead atoms. The molecule has 184 valence electrons. The maximum absolute atomic E-state index is 12.9. The molecule has 0 amide bonds. The van der Waals surface area contributed by atoms with Gasteiger partial charge in [0.15, 0.2) is 0 Å². The first kappa shape index (κ1) is 24.5. The summed E-state index contributed by atoms with van der Waals surface area (Å²) in [4.78, 5) is 17.2. The number of aromatic nitrogens is 2. The summed E-state index contributed by atoms with van der Waals surface area (Å²) in [7, 11) is -3.46. The number of imidazole rings is 1.